The minimum Gasteiger partial charge on any atom is -0.497 e. The molecule has 0 saturated carbocycles. The number of ether oxygens (including phenoxy) is 1. The SMILES string of the molecule is COc1ccc2nc(NC(=O)Nc3ccc(Cl)c(Cl)c3)sc2c1. The van der Waals surface area contributed by atoms with Crippen LogP contribution in [0.15, 0.2) is 36.4 Å². The average molecular weight is 368 g/mol. The van der Waals surface area contributed by atoms with E-state index in [4.69, 9.17) is 27.9 Å². The molecule has 0 spiro atoms. The Hall–Kier alpha value is -2.02. The largest absolute Gasteiger partial charge is 0.497 e. The van der Waals surface area contributed by atoms with Crippen LogP contribution in [-0.4, -0.2) is 18.1 Å². The number of thiazole rings is 1. The second kappa shape index (κ2) is 6.62. The molecule has 0 atom stereocenters. The lowest BCUT2D eigenvalue weighted by atomic mass is 10.3. The standard InChI is InChI=1S/C15H11Cl2N3O2S/c1-22-9-3-5-12-13(7-9)23-15(19-12)20-14(21)18-8-2-4-10(16)11(17)6-8/h2-7H,1H3,(H2,18,19,20,21). The van der Waals surface area contributed by atoms with Crippen LogP contribution in [0.5, 0.6) is 5.75 Å². The van der Waals surface area contributed by atoms with Gasteiger partial charge in [-0.1, -0.05) is 34.5 Å². The molecule has 0 bridgehead atoms. The van der Waals surface area contributed by atoms with Crippen LogP contribution in [0, 0.1) is 0 Å². The van der Waals surface area contributed by atoms with Gasteiger partial charge in [0.2, 0.25) is 0 Å². The fourth-order valence-electron chi connectivity index (χ4n) is 1.92. The molecular weight excluding hydrogens is 357 g/mol. The van der Waals surface area contributed by atoms with Crippen LogP contribution >= 0.6 is 34.5 Å². The van der Waals surface area contributed by atoms with Gasteiger partial charge in [0.15, 0.2) is 5.13 Å². The molecule has 118 valence electrons. The molecule has 3 rings (SSSR count). The van der Waals surface area contributed by atoms with E-state index in [1.54, 1.807) is 25.3 Å². The highest BCUT2D eigenvalue weighted by Crippen LogP contribution is 2.29. The summed E-state index contributed by atoms with van der Waals surface area (Å²) in [5, 5.41) is 6.66. The van der Waals surface area contributed by atoms with Crippen LogP contribution in [0.3, 0.4) is 0 Å². The third-order valence-corrected chi connectivity index (χ3v) is 4.67. The maximum atomic E-state index is 12.0. The van der Waals surface area contributed by atoms with Gasteiger partial charge in [0.1, 0.15) is 5.75 Å². The Labute approximate surface area is 146 Å². The summed E-state index contributed by atoms with van der Waals surface area (Å²) in [7, 11) is 1.60. The van der Waals surface area contributed by atoms with Gasteiger partial charge in [-0.05, 0) is 36.4 Å². The number of rotatable bonds is 3. The number of nitrogens with zero attached hydrogens (tertiary/aromatic N) is 1. The van der Waals surface area contributed by atoms with E-state index in [1.807, 2.05) is 18.2 Å². The van der Waals surface area contributed by atoms with Crippen molar-refractivity contribution in [3.63, 3.8) is 0 Å². The van der Waals surface area contributed by atoms with Crippen molar-refractivity contribution in [1.82, 2.24) is 4.98 Å². The predicted octanol–water partition coefficient (Wildman–Crippen LogP) is 5.26. The fourth-order valence-corrected chi connectivity index (χ4v) is 3.11. The van der Waals surface area contributed by atoms with Crippen molar-refractivity contribution in [2.45, 2.75) is 0 Å². The first-order valence-corrected chi connectivity index (χ1v) is 8.10. The van der Waals surface area contributed by atoms with E-state index >= 15 is 0 Å². The van der Waals surface area contributed by atoms with Crippen LogP contribution < -0.4 is 15.4 Å². The Morgan fingerprint density at radius 1 is 1.13 bits per heavy atom. The van der Waals surface area contributed by atoms with Gasteiger partial charge in [-0.25, -0.2) is 9.78 Å². The van der Waals surface area contributed by atoms with E-state index in [2.05, 4.69) is 15.6 Å². The highest BCUT2D eigenvalue weighted by molar-refractivity contribution is 7.22. The van der Waals surface area contributed by atoms with Gasteiger partial charge >= 0.3 is 6.03 Å². The summed E-state index contributed by atoms with van der Waals surface area (Å²) in [4.78, 5) is 16.4. The van der Waals surface area contributed by atoms with E-state index in [1.165, 1.54) is 11.3 Å². The first kappa shape index (κ1) is 15.9. The third-order valence-electron chi connectivity index (χ3n) is 2.99. The molecule has 1 aromatic heterocycles. The molecule has 8 heteroatoms. The molecule has 0 aliphatic rings. The highest BCUT2D eigenvalue weighted by atomic mass is 35.5. The van der Waals surface area contributed by atoms with Gasteiger partial charge in [0.25, 0.3) is 0 Å². The van der Waals surface area contributed by atoms with E-state index in [-0.39, 0.29) is 0 Å². The molecular formula is C15H11Cl2N3O2S. The average Bonchev–Trinajstić information content (AvgIpc) is 2.91. The molecule has 2 N–H and O–H groups in total. The van der Waals surface area contributed by atoms with Crippen molar-refractivity contribution in [3.05, 3.63) is 46.4 Å². The number of anilines is 2. The van der Waals surface area contributed by atoms with Gasteiger partial charge < -0.3 is 10.1 Å². The summed E-state index contributed by atoms with van der Waals surface area (Å²) in [5.41, 5.74) is 1.33. The Morgan fingerprint density at radius 2 is 1.96 bits per heavy atom. The van der Waals surface area contributed by atoms with Crippen LogP contribution in [-0.2, 0) is 0 Å². The summed E-state index contributed by atoms with van der Waals surface area (Å²) in [6.45, 7) is 0. The number of hydrogen-bond donors (Lipinski definition) is 2. The lowest BCUT2D eigenvalue weighted by Gasteiger charge is -2.06. The van der Waals surface area contributed by atoms with Gasteiger partial charge in [-0.3, -0.25) is 5.32 Å². The Kier molecular flexibility index (Phi) is 4.56. The number of methoxy groups -OCH3 is 1. The highest BCUT2D eigenvalue weighted by Gasteiger charge is 2.09. The maximum Gasteiger partial charge on any atom is 0.325 e. The molecule has 0 saturated heterocycles. The van der Waals surface area contributed by atoms with E-state index in [0.29, 0.717) is 20.9 Å². The summed E-state index contributed by atoms with van der Waals surface area (Å²) in [6, 6.07) is 9.98. The minimum atomic E-state index is -0.408. The van der Waals surface area contributed by atoms with E-state index < -0.39 is 6.03 Å². The van der Waals surface area contributed by atoms with Gasteiger partial charge in [0.05, 0.1) is 27.4 Å². The van der Waals surface area contributed by atoms with Gasteiger partial charge in [-0.15, -0.1) is 0 Å². The number of hydrogen-bond acceptors (Lipinski definition) is 4. The van der Waals surface area contributed by atoms with E-state index in [0.717, 1.165) is 16.0 Å². The zero-order valence-electron chi connectivity index (χ0n) is 11.9. The number of halogens is 2. The minimum absolute atomic E-state index is 0.372. The number of amides is 2. The number of nitrogens with one attached hydrogen (secondary N) is 2. The zero-order chi connectivity index (χ0) is 16.4. The second-order valence-electron chi connectivity index (χ2n) is 4.56. The molecule has 5 nitrogen and oxygen atoms in total. The molecule has 2 amide bonds. The molecule has 0 unspecified atom stereocenters. The normalized spacial score (nSPS) is 10.6. The Balaban J connectivity index is 1.73. The number of urea groups is 1. The molecule has 23 heavy (non-hydrogen) atoms. The molecule has 1 heterocycles. The predicted molar refractivity (Wildman–Crippen MR) is 95.3 cm³/mol. The monoisotopic (exact) mass is 367 g/mol. The summed E-state index contributed by atoms with van der Waals surface area (Å²) in [6.07, 6.45) is 0. The lowest BCUT2D eigenvalue weighted by molar-refractivity contribution is 0.262. The van der Waals surface area contributed by atoms with Gasteiger partial charge in [-0.2, -0.15) is 0 Å². The number of carbonyl (C=O) groups excluding carboxylic acids is 1. The third kappa shape index (κ3) is 3.67. The van der Waals surface area contributed by atoms with Crippen molar-refractivity contribution in [1.29, 1.82) is 0 Å². The maximum absolute atomic E-state index is 12.0. The molecule has 2 aromatic carbocycles. The second-order valence-corrected chi connectivity index (χ2v) is 6.41. The summed E-state index contributed by atoms with van der Waals surface area (Å²) in [5.74, 6) is 0.743. The zero-order valence-corrected chi connectivity index (χ0v) is 14.2. The summed E-state index contributed by atoms with van der Waals surface area (Å²) < 4.78 is 6.09. The fraction of sp³-hybridized carbons (Fsp3) is 0.0667. The molecule has 0 aliphatic heterocycles. The summed E-state index contributed by atoms with van der Waals surface area (Å²) >= 11 is 13.1. The van der Waals surface area contributed by atoms with Crippen molar-refractivity contribution >= 4 is 61.6 Å². The number of aromatic nitrogens is 1. The topological polar surface area (TPSA) is 63.2 Å². The number of fused-ring (bicyclic) bond motifs is 1. The molecule has 0 radical (unpaired) electrons. The van der Waals surface area contributed by atoms with Crippen LogP contribution in [0.1, 0.15) is 0 Å². The first-order valence-electron chi connectivity index (χ1n) is 6.53. The smallest absolute Gasteiger partial charge is 0.325 e. The number of carbonyl (C=O) groups is 1. The first-order chi connectivity index (χ1) is 11.0. The van der Waals surface area contributed by atoms with Crippen LogP contribution in [0.4, 0.5) is 15.6 Å². The molecule has 3 aromatic rings. The van der Waals surface area contributed by atoms with Crippen molar-refractivity contribution in [2.24, 2.45) is 0 Å². The van der Waals surface area contributed by atoms with E-state index in [9.17, 15) is 4.79 Å². The quantitative estimate of drug-likeness (QED) is 0.663. The van der Waals surface area contributed by atoms with Crippen molar-refractivity contribution in [2.75, 3.05) is 17.7 Å². The van der Waals surface area contributed by atoms with Gasteiger partial charge in [0, 0.05) is 5.69 Å². The van der Waals surface area contributed by atoms with Crippen LogP contribution in [0.2, 0.25) is 10.0 Å². The van der Waals surface area contributed by atoms with Crippen molar-refractivity contribution < 1.29 is 9.53 Å². The molecule has 0 fully saturated rings. The molecule has 0 aliphatic carbocycles. The van der Waals surface area contributed by atoms with Crippen molar-refractivity contribution in [3.8, 4) is 5.75 Å². The Morgan fingerprint density at radius 3 is 2.70 bits per heavy atom. The lowest BCUT2D eigenvalue weighted by Crippen LogP contribution is -2.19. The Bertz CT molecular complexity index is 882. The number of benzene rings is 2. The van der Waals surface area contributed by atoms with Crippen LogP contribution in [0.25, 0.3) is 10.2 Å².